The van der Waals surface area contributed by atoms with Crippen LogP contribution in [0.4, 0.5) is 0 Å². The van der Waals surface area contributed by atoms with E-state index in [1.165, 1.54) is 340 Å². The maximum absolute atomic E-state index is 12.6. The Morgan fingerprint density at radius 3 is 0.917 bits per heavy atom. The molecule has 1 amide bonds. The van der Waals surface area contributed by atoms with E-state index in [0.29, 0.717) is 25.9 Å². The number of carbonyl (C=O) groups is 2. The van der Waals surface area contributed by atoms with Crippen LogP contribution >= 0.6 is 0 Å². The molecule has 0 aromatic carbocycles. The molecular weight excluding hydrogens is 1030 g/mol. The van der Waals surface area contributed by atoms with Gasteiger partial charge in [-0.3, -0.25) is 9.59 Å². The summed E-state index contributed by atoms with van der Waals surface area (Å²) in [6.45, 7) is 4.99. The molecule has 0 radical (unpaired) electrons. The molecule has 0 aliphatic heterocycles. The second kappa shape index (κ2) is 73.5. The van der Waals surface area contributed by atoms with E-state index >= 15 is 0 Å². The highest BCUT2D eigenvalue weighted by Crippen LogP contribution is 2.19. The normalized spacial score (nSPS) is 12.7. The molecule has 0 saturated heterocycles. The lowest BCUT2D eigenvalue weighted by atomic mass is 10.0. The Morgan fingerprint density at radius 1 is 0.333 bits per heavy atom. The van der Waals surface area contributed by atoms with Crippen LogP contribution in [0.5, 0.6) is 0 Å². The second-order valence-corrected chi connectivity index (χ2v) is 26.3. The van der Waals surface area contributed by atoms with E-state index < -0.39 is 12.1 Å². The number of unbranched alkanes of at least 4 members (excludes halogenated alkanes) is 55. The third kappa shape index (κ3) is 69.2. The number of esters is 1. The largest absolute Gasteiger partial charge is 0.466 e. The molecule has 0 aromatic heterocycles. The summed E-state index contributed by atoms with van der Waals surface area (Å²) in [5.41, 5.74) is 0. The average Bonchev–Trinajstić information content (AvgIpc) is 3.51. The summed E-state index contributed by atoms with van der Waals surface area (Å²) in [6, 6.07) is -0.548. The molecule has 2 unspecified atom stereocenters. The zero-order chi connectivity index (χ0) is 60.6. The molecule has 84 heavy (non-hydrogen) atoms. The van der Waals surface area contributed by atoms with Gasteiger partial charge in [0.15, 0.2) is 0 Å². The van der Waals surface area contributed by atoms with Gasteiger partial charge in [0.05, 0.1) is 25.4 Å². The molecule has 6 nitrogen and oxygen atoms in total. The van der Waals surface area contributed by atoms with Crippen LogP contribution in [0.3, 0.4) is 0 Å². The maximum atomic E-state index is 12.6. The van der Waals surface area contributed by atoms with E-state index in [-0.39, 0.29) is 18.5 Å². The van der Waals surface area contributed by atoms with Gasteiger partial charge in [0.25, 0.3) is 0 Å². The molecule has 6 heteroatoms. The van der Waals surface area contributed by atoms with Crippen LogP contribution in [0, 0.1) is 0 Å². The highest BCUT2D eigenvalue weighted by Gasteiger charge is 2.20. The Hall–Kier alpha value is -1.92. The number of nitrogens with one attached hydrogen (secondary N) is 1. The first kappa shape index (κ1) is 82.1. The molecule has 0 aliphatic carbocycles. The van der Waals surface area contributed by atoms with Crippen molar-refractivity contribution in [2.75, 3.05) is 13.2 Å². The Kier molecular flexibility index (Phi) is 71.9. The lowest BCUT2D eigenvalue weighted by molar-refractivity contribution is -0.143. The molecule has 0 aromatic rings. The smallest absolute Gasteiger partial charge is 0.305 e. The monoisotopic (exact) mass is 1180 g/mol. The predicted molar refractivity (Wildman–Crippen MR) is 370 cm³/mol. The lowest BCUT2D eigenvalue weighted by Gasteiger charge is -2.22. The quantitative estimate of drug-likeness (QED) is 0.0320. The summed E-state index contributed by atoms with van der Waals surface area (Å²) in [4.78, 5) is 24.7. The van der Waals surface area contributed by atoms with Crippen LogP contribution < -0.4 is 5.32 Å². The summed E-state index contributed by atoms with van der Waals surface area (Å²) < 4.78 is 5.51. The van der Waals surface area contributed by atoms with Crippen molar-refractivity contribution < 1.29 is 24.5 Å². The van der Waals surface area contributed by atoms with E-state index in [0.717, 1.165) is 51.4 Å². The fraction of sp³-hybridized carbons (Fsp3) is 0.897. The summed E-state index contributed by atoms with van der Waals surface area (Å²) in [5, 5.41) is 23.4. The van der Waals surface area contributed by atoms with E-state index in [4.69, 9.17) is 4.74 Å². The molecule has 0 aliphatic rings. The minimum absolute atomic E-state index is 0.00951. The standard InChI is InChI=1S/C78H149NO5/c1-3-5-7-9-11-13-15-17-19-21-23-24-28-31-35-38-42-46-50-54-58-62-66-70-76(81)75(74-80)79-77(82)71-67-63-59-55-51-47-43-39-36-32-29-26-25-27-30-33-37-41-45-49-53-57-61-65-69-73-84-78(83)72-68-64-60-56-52-48-44-40-34-22-20-18-16-14-12-10-8-6-4-2/h18,20,26-27,29-30,75-76,80-81H,3-17,19,21-25,28,31-74H2,1-2H3,(H,79,82)/b20-18-,29-26-,30-27-. The van der Waals surface area contributed by atoms with Crippen molar-refractivity contribution in [3.63, 3.8) is 0 Å². The van der Waals surface area contributed by atoms with Crippen molar-refractivity contribution in [2.45, 2.75) is 437 Å². The van der Waals surface area contributed by atoms with E-state index in [2.05, 4.69) is 55.6 Å². The van der Waals surface area contributed by atoms with Crippen LogP contribution in [0.25, 0.3) is 0 Å². The average molecular weight is 1180 g/mol. The van der Waals surface area contributed by atoms with Crippen molar-refractivity contribution in [1.82, 2.24) is 5.32 Å². The number of hydrogen-bond acceptors (Lipinski definition) is 5. The van der Waals surface area contributed by atoms with Crippen LogP contribution in [-0.2, 0) is 14.3 Å². The van der Waals surface area contributed by atoms with Gasteiger partial charge in [-0.15, -0.1) is 0 Å². The van der Waals surface area contributed by atoms with Crippen molar-refractivity contribution in [3.05, 3.63) is 36.5 Å². The van der Waals surface area contributed by atoms with Gasteiger partial charge in [-0.25, -0.2) is 0 Å². The highest BCUT2D eigenvalue weighted by atomic mass is 16.5. The Bertz CT molecular complexity index is 1360. The fourth-order valence-corrected chi connectivity index (χ4v) is 12.1. The molecule has 0 heterocycles. The van der Waals surface area contributed by atoms with Crippen LogP contribution in [0.1, 0.15) is 425 Å². The van der Waals surface area contributed by atoms with E-state index in [1.807, 2.05) is 0 Å². The zero-order valence-electron chi connectivity index (χ0n) is 56.9. The number of aliphatic hydroxyl groups excluding tert-OH is 2. The fourth-order valence-electron chi connectivity index (χ4n) is 12.1. The second-order valence-electron chi connectivity index (χ2n) is 26.3. The van der Waals surface area contributed by atoms with Gasteiger partial charge in [-0.2, -0.15) is 0 Å². The predicted octanol–water partition coefficient (Wildman–Crippen LogP) is 25.0. The topological polar surface area (TPSA) is 95.9 Å². The number of hydrogen-bond donors (Lipinski definition) is 3. The van der Waals surface area contributed by atoms with Crippen molar-refractivity contribution >= 4 is 11.9 Å². The minimum Gasteiger partial charge on any atom is -0.466 e. The van der Waals surface area contributed by atoms with Gasteiger partial charge in [0, 0.05) is 12.8 Å². The number of allylic oxidation sites excluding steroid dienone is 6. The van der Waals surface area contributed by atoms with Gasteiger partial charge in [0.1, 0.15) is 0 Å². The number of carbonyl (C=O) groups excluding carboxylic acids is 2. The van der Waals surface area contributed by atoms with Gasteiger partial charge in [-0.1, -0.05) is 365 Å². The molecule has 2 atom stereocenters. The molecule has 3 N–H and O–H groups in total. The number of rotatable bonds is 72. The number of amides is 1. The van der Waals surface area contributed by atoms with Gasteiger partial charge < -0.3 is 20.3 Å². The van der Waals surface area contributed by atoms with Gasteiger partial charge in [-0.05, 0) is 83.5 Å². The SMILES string of the molecule is CCCCCCCC/C=C\CCCCCCCCCCCC(=O)OCCCCCCCCCCC/C=C\C/C=C\CCCCCCCCCCCC(=O)NC(CO)C(O)CCCCCCCCCCCCCCCCCCCCCCCCC. The first-order valence-corrected chi connectivity index (χ1v) is 38.2. The van der Waals surface area contributed by atoms with E-state index in [9.17, 15) is 19.8 Å². The first-order valence-electron chi connectivity index (χ1n) is 38.2. The molecule has 496 valence electrons. The van der Waals surface area contributed by atoms with Crippen molar-refractivity contribution in [1.29, 1.82) is 0 Å². The third-order valence-corrected chi connectivity index (χ3v) is 17.9. The number of ether oxygens (including phenoxy) is 1. The Labute approximate surface area is 525 Å². The summed E-state index contributed by atoms with van der Waals surface area (Å²) in [6.07, 6.45) is 95.0. The van der Waals surface area contributed by atoms with Crippen molar-refractivity contribution in [2.24, 2.45) is 0 Å². The van der Waals surface area contributed by atoms with E-state index in [1.54, 1.807) is 0 Å². The maximum Gasteiger partial charge on any atom is 0.305 e. The summed E-state index contributed by atoms with van der Waals surface area (Å²) in [7, 11) is 0. The molecule has 0 saturated carbocycles. The van der Waals surface area contributed by atoms with Gasteiger partial charge >= 0.3 is 5.97 Å². The third-order valence-electron chi connectivity index (χ3n) is 17.9. The minimum atomic E-state index is -0.670. The van der Waals surface area contributed by atoms with Crippen LogP contribution in [0.2, 0.25) is 0 Å². The number of aliphatic hydroxyl groups is 2. The van der Waals surface area contributed by atoms with Crippen LogP contribution in [-0.4, -0.2) is 47.4 Å². The molecule has 0 fully saturated rings. The summed E-state index contributed by atoms with van der Waals surface area (Å²) >= 11 is 0. The summed E-state index contributed by atoms with van der Waals surface area (Å²) in [5.74, 6) is -0.0270. The highest BCUT2D eigenvalue weighted by molar-refractivity contribution is 5.76. The molecular formula is C78H149NO5. The molecule has 0 bridgehead atoms. The Morgan fingerprint density at radius 2 is 0.595 bits per heavy atom. The Balaban J connectivity index is 3.42. The van der Waals surface area contributed by atoms with Crippen LogP contribution in [0.15, 0.2) is 36.5 Å². The molecule has 0 rings (SSSR count). The molecule has 0 spiro atoms. The first-order chi connectivity index (χ1) is 41.5. The lowest BCUT2D eigenvalue weighted by Crippen LogP contribution is -2.45. The van der Waals surface area contributed by atoms with Crippen molar-refractivity contribution in [3.8, 4) is 0 Å². The van der Waals surface area contributed by atoms with Gasteiger partial charge in [0.2, 0.25) is 5.91 Å². The zero-order valence-corrected chi connectivity index (χ0v) is 56.9.